The van der Waals surface area contributed by atoms with E-state index in [9.17, 15) is 14.4 Å². The first-order valence-corrected chi connectivity index (χ1v) is 14.6. The van der Waals surface area contributed by atoms with Crippen LogP contribution in [0.25, 0.3) is 0 Å². The molecule has 10 nitrogen and oxygen atoms in total. The van der Waals surface area contributed by atoms with Gasteiger partial charge >= 0.3 is 7.82 Å². The Hall–Kier alpha value is -2.53. The summed E-state index contributed by atoms with van der Waals surface area (Å²) in [6, 6.07) is 2.05. The van der Waals surface area contributed by atoms with Crippen molar-refractivity contribution in [2.75, 3.05) is 0 Å². The van der Waals surface area contributed by atoms with Gasteiger partial charge in [-0.05, 0) is 24.0 Å². The molecule has 0 aliphatic rings. The van der Waals surface area contributed by atoms with E-state index in [1.54, 1.807) is 0 Å². The smallest absolute Gasteiger partial charge is 0.303 e. The van der Waals surface area contributed by atoms with E-state index in [-0.39, 0.29) is 30.1 Å². The quantitative estimate of drug-likeness (QED) is 0.166. The molecule has 210 valence electrons. The highest BCUT2D eigenvalue weighted by atomic mass is 31.2. The third-order valence-corrected chi connectivity index (χ3v) is 7.25. The molecule has 0 amide bonds. The first kappa shape index (κ1) is 30.0. The number of hydrogen-bond acceptors (Lipinski definition) is 6. The number of rotatable bonds is 17. The zero-order valence-electron chi connectivity index (χ0n) is 21.9. The molecule has 0 aliphatic heterocycles. The molecule has 1 aromatic carbocycles. The molecule has 3 rings (SSSR count). The number of phosphoric ester groups is 1. The fourth-order valence-corrected chi connectivity index (χ4v) is 5.41. The maximum Gasteiger partial charge on any atom is 0.470 e. The SMILES string of the molecule is CCCCCCCCCCC(C)c1cc(C(Cn2cncn2)(Cn2cncn2)OP(=O)(O)O)c(F)cc1F. The maximum absolute atomic E-state index is 15.4. The minimum Gasteiger partial charge on any atom is -0.303 e. The Morgan fingerprint density at radius 2 is 1.47 bits per heavy atom. The van der Waals surface area contributed by atoms with Crippen LogP contribution in [0.5, 0.6) is 0 Å². The molecule has 0 spiro atoms. The summed E-state index contributed by atoms with van der Waals surface area (Å²) >= 11 is 0. The van der Waals surface area contributed by atoms with Gasteiger partial charge in [0.05, 0.1) is 13.1 Å². The second-order valence-corrected chi connectivity index (χ2v) is 10.9. The molecule has 2 heterocycles. The highest BCUT2D eigenvalue weighted by Gasteiger charge is 2.44. The van der Waals surface area contributed by atoms with Crippen LogP contribution in [-0.2, 0) is 27.8 Å². The Kier molecular flexibility index (Phi) is 11.1. The molecule has 0 aliphatic carbocycles. The molecule has 0 bridgehead atoms. The van der Waals surface area contributed by atoms with Crippen molar-refractivity contribution in [1.29, 1.82) is 0 Å². The Bertz CT molecular complexity index is 1120. The van der Waals surface area contributed by atoms with Crippen LogP contribution in [0.1, 0.15) is 88.7 Å². The van der Waals surface area contributed by atoms with Gasteiger partial charge < -0.3 is 9.79 Å². The average Bonchev–Trinajstić information content (AvgIpc) is 3.54. The predicted octanol–water partition coefficient (Wildman–Crippen LogP) is 5.49. The van der Waals surface area contributed by atoms with Crippen molar-refractivity contribution in [2.45, 2.75) is 96.2 Å². The molecule has 38 heavy (non-hydrogen) atoms. The van der Waals surface area contributed by atoms with Crippen LogP contribution in [0.2, 0.25) is 0 Å². The van der Waals surface area contributed by atoms with Gasteiger partial charge in [-0.25, -0.2) is 32.7 Å². The van der Waals surface area contributed by atoms with Crippen molar-refractivity contribution in [1.82, 2.24) is 29.5 Å². The Labute approximate surface area is 221 Å². The zero-order valence-corrected chi connectivity index (χ0v) is 22.8. The molecule has 0 saturated heterocycles. The first-order chi connectivity index (χ1) is 18.1. The van der Waals surface area contributed by atoms with Gasteiger partial charge in [-0.1, -0.05) is 65.2 Å². The van der Waals surface area contributed by atoms with Gasteiger partial charge in [-0.2, -0.15) is 10.2 Å². The fourth-order valence-electron chi connectivity index (χ4n) is 4.74. The molecule has 3 aromatic rings. The lowest BCUT2D eigenvalue weighted by atomic mass is 9.87. The van der Waals surface area contributed by atoms with Crippen molar-refractivity contribution in [3.8, 4) is 0 Å². The summed E-state index contributed by atoms with van der Waals surface area (Å²) in [5, 5.41) is 8.01. The minimum atomic E-state index is -5.18. The Morgan fingerprint density at radius 3 is 1.97 bits per heavy atom. The molecule has 0 radical (unpaired) electrons. The predicted molar refractivity (Wildman–Crippen MR) is 137 cm³/mol. The number of halogens is 2. The molecule has 1 unspecified atom stereocenters. The number of aromatic nitrogens is 6. The first-order valence-electron chi connectivity index (χ1n) is 13.0. The summed E-state index contributed by atoms with van der Waals surface area (Å²) < 4.78 is 50.4. The van der Waals surface area contributed by atoms with Gasteiger partial charge in [0.1, 0.15) is 42.5 Å². The maximum atomic E-state index is 15.4. The highest BCUT2D eigenvalue weighted by Crippen LogP contribution is 2.48. The van der Waals surface area contributed by atoms with Crippen LogP contribution in [-0.4, -0.2) is 39.3 Å². The summed E-state index contributed by atoms with van der Waals surface area (Å²) in [4.78, 5) is 27.4. The van der Waals surface area contributed by atoms with Crippen molar-refractivity contribution in [3.05, 3.63) is 60.2 Å². The number of phosphoric acid groups is 1. The second-order valence-electron chi connectivity index (χ2n) is 9.78. The van der Waals surface area contributed by atoms with E-state index in [0.29, 0.717) is 6.42 Å². The van der Waals surface area contributed by atoms with Crippen LogP contribution in [0, 0.1) is 11.6 Å². The van der Waals surface area contributed by atoms with Crippen LogP contribution in [0.4, 0.5) is 8.78 Å². The molecule has 0 fully saturated rings. The second kappa shape index (κ2) is 14.0. The van der Waals surface area contributed by atoms with Crippen LogP contribution < -0.4 is 0 Å². The van der Waals surface area contributed by atoms with Gasteiger partial charge in [-0.3, -0.25) is 4.52 Å². The van der Waals surface area contributed by atoms with Crippen LogP contribution in [0.3, 0.4) is 0 Å². The van der Waals surface area contributed by atoms with Crippen molar-refractivity contribution in [3.63, 3.8) is 0 Å². The zero-order chi connectivity index (χ0) is 27.6. The topological polar surface area (TPSA) is 128 Å². The Balaban J connectivity index is 1.89. The summed E-state index contributed by atoms with van der Waals surface area (Å²) in [5.74, 6) is -1.97. The van der Waals surface area contributed by atoms with E-state index in [1.165, 1.54) is 72.8 Å². The molecule has 2 N–H and O–H groups in total. The monoisotopic (exact) mass is 554 g/mol. The van der Waals surface area contributed by atoms with Crippen LogP contribution >= 0.6 is 7.82 Å². The van der Waals surface area contributed by atoms with Crippen molar-refractivity contribution < 1.29 is 27.7 Å². The number of nitrogens with zero attached hydrogens (tertiary/aromatic N) is 6. The van der Waals surface area contributed by atoms with E-state index in [1.807, 2.05) is 6.92 Å². The molecular formula is C25H37F2N6O4P. The van der Waals surface area contributed by atoms with E-state index < -0.39 is 25.1 Å². The van der Waals surface area contributed by atoms with Gasteiger partial charge in [0, 0.05) is 11.6 Å². The third kappa shape index (κ3) is 8.76. The number of hydrogen-bond donors (Lipinski definition) is 2. The summed E-state index contributed by atoms with van der Waals surface area (Å²) in [5.41, 5.74) is -1.98. The van der Waals surface area contributed by atoms with Crippen molar-refractivity contribution in [2.24, 2.45) is 0 Å². The summed E-state index contributed by atoms with van der Waals surface area (Å²) in [6.45, 7) is 3.40. The number of benzene rings is 1. The lowest BCUT2D eigenvalue weighted by Gasteiger charge is -2.34. The summed E-state index contributed by atoms with van der Waals surface area (Å²) in [6.07, 6.45) is 14.9. The van der Waals surface area contributed by atoms with Gasteiger partial charge in [0.25, 0.3) is 0 Å². The van der Waals surface area contributed by atoms with Gasteiger partial charge in [0.15, 0.2) is 0 Å². The van der Waals surface area contributed by atoms with Crippen molar-refractivity contribution >= 4 is 7.82 Å². The largest absolute Gasteiger partial charge is 0.470 e. The molecule has 0 saturated carbocycles. The molecular weight excluding hydrogens is 517 g/mol. The van der Waals surface area contributed by atoms with E-state index >= 15 is 8.78 Å². The lowest BCUT2D eigenvalue weighted by molar-refractivity contribution is -0.00834. The number of unbranched alkanes of at least 4 members (excludes halogenated alkanes) is 7. The minimum absolute atomic E-state index is 0.217. The van der Waals surface area contributed by atoms with E-state index in [4.69, 9.17) is 4.52 Å². The van der Waals surface area contributed by atoms with E-state index in [0.717, 1.165) is 25.3 Å². The van der Waals surface area contributed by atoms with Gasteiger partial charge in [-0.15, -0.1) is 0 Å². The third-order valence-electron chi connectivity index (χ3n) is 6.66. The highest BCUT2D eigenvalue weighted by molar-refractivity contribution is 7.46. The van der Waals surface area contributed by atoms with E-state index in [2.05, 4.69) is 27.1 Å². The average molecular weight is 555 g/mol. The van der Waals surface area contributed by atoms with Gasteiger partial charge in [0.2, 0.25) is 0 Å². The fraction of sp³-hybridized carbons (Fsp3) is 0.600. The standard InChI is InChI=1S/C25H37F2N6O4P/c1-3-4-5-6-7-8-9-10-11-20(2)21-12-22(24(27)13-23(21)26)25(37-38(34,35)36,14-32-18-28-16-30-32)15-33-19-29-17-31-33/h12-13,16-20H,3-11,14-15H2,1-2H3,(H2,34,35,36). The normalized spacial score (nSPS) is 13.2. The lowest BCUT2D eigenvalue weighted by Crippen LogP contribution is -2.40. The van der Waals surface area contributed by atoms with Crippen LogP contribution in [0.15, 0.2) is 37.4 Å². The Morgan fingerprint density at radius 1 is 0.921 bits per heavy atom. The summed E-state index contributed by atoms with van der Waals surface area (Å²) in [7, 11) is -5.18. The molecule has 13 heteroatoms. The molecule has 1 atom stereocenters. The molecule has 2 aromatic heterocycles.